The minimum atomic E-state index is 0.428. The fraction of sp³-hybridized carbons (Fsp3) is 0.467. The number of halogens is 1. The molecule has 20 heavy (non-hydrogen) atoms. The van der Waals surface area contributed by atoms with Crippen molar-refractivity contribution in [1.82, 2.24) is 5.32 Å². The molecule has 0 radical (unpaired) electrons. The fourth-order valence-electron chi connectivity index (χ4n) is 3.04. The number of hydrogen-bond acceptors (Lipinski definition) is 4. The van der Waals surface area contributed by atoms with Crippen molar-refractivity contribution in [1.29, 1.82) is 0 Å². The van der Waals surface area contributed by atoms with Gasteiger partial charge in [-0.15, -0.1) is 11.8 Å². The third-order valence-electron chi connectivity index (χ3n) is 4.04. The molecule has 0 saturated carbocycles. The maximum atomic E-state index is 6.33. The number of piperidine rings is 1. The number of fused-ring (bicyclic) bond motifs is 1. The second-order valence-electron chi connectivity index (χ2n) is 5.08. The number of thioether (sulfide) groups is 1. The number of benzene rings is 1. The van der Waals surface area contributed by atoms with Crippen LogP contribution in [0.15, 0.2) is 23.6 Å². The van der Waals surface area contributed by atoms with Gasteiger partial charge in [0.2, 0.25) is 0 Å². The van der Waals surface area contributed by atoms with Gasteiger partial charge in [0.1, 0.15) is 0 Å². The standard InChI is InChI=1S/C15H18ClNO2S/c1-18-13-6-9(5-12(16)15(13)19-2)11-7-17-8-14-10(11)3-4-20-14/h3-6,10-11,14,17H,7-8H2,1-2H3. The highest BCUT2D eigenvalue weighted by molar-refractivity contribution is 8.03. The maximum Gasteiger partial charge on any atom is 0.179 e. The summed E-state index contributed by atoms with van der Waals surface area (Å²) in [5, 5.41) is 6.97. The Balaban J connectivity index is 1.97. The lowest BCUT2D eigenvalue weighted by atomic mass is 9.81. The average Bonchev–Trinajstić information content (AvgIpc) is 2.94. The summed E-state index contributed by atoms with van der Waals surface area (Å²) in [5.74, 6) is 2.30. The van der Waals surface area contributed by atoms with Crippen molar-refractivity contribution in [2.75, 3.05) is 27.3 Å². The summed E-state index contributed by atoms with van der Waals surface area (Å²) in [4.78, 5) is 0. The molecule has 1 aromatic rings. The minimum Gasteiger partial charge on any atom is -0.493 e. The molecule has 0 bridgehead atoms. The highest BCUT2D eigenvalue weighted by Gasteiger charge is 2.35. The Hall–Kier alpha value is -0.840. The van der Waals surface area contributed by atoms with Crippen LogP contribution in [0, 0.1) is 5.92 Å². The van der Waals surface area contributed by atoms with E-state index in [2.05, 4.69) is 22.9 Å². The molecule has 0 spiro atoms. The molecule has 0 amide bonds. The lowest BCUT2D eigenvalue weighted by molar-refractivity contribution is 0.351. The summed E-state index contributed by atoms with van der Waals surface area (Å²) >= 11 is 8.24. The van der Waals surface area contributed by atoms with Crippen LogP contribution in [-0.2, 0) is 0 Å². The smallest absolute Gasteiger partial charge is 0.179 e. The first-order chi connectivity index (χ1) is 9.74. The molecule has 3 unspecified atom stereocenters. The van der Waals surface area contributed by atoms with Gasteiger partial charge in [-0.25, -0.2) is 0 Å². The molecule has 3 rings (SSSR count). The highest BCUT2D eigenvalue weighted by atomic mass is 35.5. The van der Waals surface area contributed by atoms with Crippen LogP contribution in [0.5, 0.6) is 11.5 Å². The lowest BCUT2D eigenvalue weighted by Crippen LogP contribution is -2.41. The lowest BCUT2D eigenvalue weighted by Gasteiger charge is -2.34. The van der Waals surface area contributed by atoms with Crippen LogP contribution in [0.2, 0.25) is 5.02 Å². The van der Waals surface area contributed by atoms with Crippen molar-refractivity contribution in [3.63, 3.8) is 0 Å². The van der Waals surface area contributed by atoms with Crippen LogP contribution in [0.25, 0.3) is 0 Å². The molecule has 1 fully saturated rings. The summed E-state index contributed by atoms with van der Waals surface area (Å²) in [6.45, 7) is 2.04. The SMILES string of the molecule is COc1cc(C2CNCC3SC=CC32)cc(Cl)c1OC. The minimum absolute atomic E-state index is 0.428. The second-order valence-corrected chi connectivity index (χ2v) is 6.64. The van der Waals surface area contributed by atoms with E-state index in [0.717, 1.165) is 13.1 Å². The van der Waals surface area contributed by atoms with Crippen LogP contribution >= 0.6 is 23.4 Å². The largest absolute Gasteiger partial charge is 0.493 e. The highest BCUT2D eigenvalue weighted by Crippen LogP contribution is 2.44. The zero-order valence-electron chi connectivity index (χ0n) is 11.6. The number of methoxy groups -OCH3 is 2. The molecule has 1 aromatic carbocycles. The predicted octanol–water partition coefficient (Wildman–Crippen LogP) is 3.29. The van der Waals surface area contributed by atoms with Crippen LogP contribution in [-0.4, -0.2) is 32.6 Å². The molecule has 3 nitrogen and oxygen atoms in total. The van der Waals surface area contributed by atoms with Crippen molar-refractivity contribution >= 4 is 23.4 Å². The van der Waals surface area contributed by atoms with Gasteiger partial charge in [0, 0.05) is 24.3 Å². The predicted molar refractivity (Wildman–Crippen MR) is 84.2 cm³/mol. The Morgan fingerprint density at radius 3 is 2.85 bits per heavy atom. The zero-order valence-corrected chi connectivity index (χ0v) is 13.1. The third kappa shape index (κ3) is 2.41. The molecule has 0 aromatic heterocycles. The van der Waals surface area contributed by atoms with Crippen LogP contribution in [0.1, 0.15) is 11.5 Å². The van der Waals surface area contributed by atoms with E-state index in [-0.39, 0.29) is 0 Å². The van der Waals surface area contributed by atoms with E-state index in [4.69, 9.17) is 21.1 Å². The molecule has 5 heteroatoms. The molecular formula is C15H18ClNO2S. The fourth-order valence-corrected chi connectivity index (χ4v) is 4.48. The maximum absolute atomic E-state index is 6.33. The van der Waals surface area contributed by atoms with E-state index in [1.807, 2.05) is 17.8 Å². The Labute approximate surface area is 128 Å². The van der Waals surface area contributed by atoms with Crippen LogP contribution in [0.4, 0.5) is 0 Å². The molecular weight excluding hydrogens is 294 g/mol. The molecule has 2 aliphatic heterocycles. The topological polar surface area (TPSA) is 30.5 Å². The quantitative estimate of drug-likeness (QED) is 0.928. The summed E-state index contributed by atoms with van der Waals surface area (Å²) in [6.07, 6.45) is 2.32. The molecule has 108 valence electrons. The number of nitrogens with one attached hydrogen (secondary N) is 1. The van der Waals surface area contributed by atoms with Gasteiger partial charge in [0.25, 0.3) is 0 Å². The molecule has 0 aliphatic carbocycles. The van der Waals surface area contributed by atoms with Gasteiger partial charge >= 0.3 is 0 Å². The average molecular weight is 312 g/mol. The molecule has 1 saturated heterocycles. The van der Waals surface area contributed by atoms with E-state index < -0.39 is 0 Å². The van der Waals surface area contributed by atoms with Crippen molar-refractivity contribution in [3.8, 4) is 11.5 Å². The summed E-state index contributed by atoms with van der Waals surface area (Å²) in [6, 6.07) is 4.06. The zero-order chi connectivity index (χ0) is 14.1. The van der Waals surface area contributed by atoms with E-state index >= 15 is 0 Å². The Bertz CT molecular complexity index is 535. The summed E-state index contributed by atoms with van der Waals surface area (Å²) in [7, 11) is 3.25. The molecule has 3 atom stereocenters. The third-order valence-corrected chi connectivity index (χ3v) is 5.47. The van der Waals surface area contributed by atoms with Crippen molar-refractivity contribution < 1.29 is 9.47 Å². The number of rotatable bonds is 3. The van der Waals surface area contributed by atoms with Gasteiger partial charge in [-0.3, -0.25) is 0 Å². The molecule has 2 aliphatic rings. The van der Waals surface area contributed by atoms with Gasteiger partial charge in [0.15, 0.2) is 11.5 Å². The number of ether oxygens (including phenoxy) is 2. The van der Waals surface area contributed by atoms with E-state index in [1.54, 1.807) is 14.2 Å². The van der Waals surface area contributed by atoms with Gasteiger partial charge in [-0.05, 0) is 29.0 Å². The second kappa shape index (κ2) is 5.88. The van der Waals surface area contributed by atoms with Gasteiger partial charge in [-0.1, -0.05) is 17.7 Å². The monoisotopic (exact) mass is 311 g/mol. The first-order valence-corrected chi connectivity index (χ1v) is 8.01. The molecule has 1 N–H and O–H groups in total. The van der Waals surface area contributed by atoms with Gasteiger partial charge in [0.05, 0.1) is 19.2 Å². The van der Waals surface area contributed by atoms with Crippen LogP contribution < -0.4 is 14.8 Å². The number of allylic oxidation sites excluding steroid dienone is 1. The van der Waals surface area contributed by atoms with Gasteiger partial charge in [-0.2, -0.15) is 0 Å². The van der Waals surface area contributed by atoms with Crippen molar-refractivity contribution in [3.05, 3.63) is 34.2 Å². The Morgan fingerprint density at radius 2 is 2.10 bits per heavy atom. The number of hydrogen-bond donors (Lipinski definition) is 1. The summed E-state index contributed by atoms with van der Waals surface area (Å²) < 4.78 is 10.7. The first-order valence-electron chi connectivity index (χ1n) is 6.69. The Morgan fingerprint density at radius 1 is 1.25 bits per heavy atom. The van der Waals surface area contributed by atoms with E-state index in [9.17, 15) is 0 Å². The Kier molecular flexibility index (Phi) is 4.15. The molecule has 2 heterocycles. The normalized spacial score (nSPS) is 28.2. The first kappa shape index (κ1) is 14.1. The van der Waals surface area contributed by atoms with Crippen molar-refractivity contribution in [2.45, 2.75) is 11.2 Å². The van der Waals surface area contributed by atoms with E-state index in [0.29, 0.717) is 33.6 Å². The van der Waals surface area contributed by atoms with Crippen molar-refractivity contribution in [2.24, 2.45) is 5.92 Å². The van der Waals surface area contributed by atoms with Crippen LogP contribution in [0.3, 0.4) is 0 Å². The van der Waals surface area contributed by atoms with E-state index in [1.165, 1.54) is 5.56 Å². The van der Waals surface area contributed by atoms with Gasteiger partial charge < -0.3 is 14.8 Å². The summed E-state index contributed by atoms with van der Waals surface area (Å²) in [5.41, 5.74) is 1.21.